The quantitative estimate of drug-likeness (QED) is 0.642. The molecule has 1 atom stereocenters. The maximum atomic E-state index is 11.8. The first-order chi connectivity index (χ1) is 5.99. The predicted octanol–water partition coefficient (Wildman–Crippen LogP) is 2.88. The van der Waals surface area contributed by atoms with Crippen molar-refractivity contribution in [2.24, 2.45) is 0 Å². The standard InChI is InChI=1S/C9H16F3N/c1-3-5-8(13-2)6-4-7-9(10,11)12/h3,8,13H,1,4-7H2,2H3. The second kappa shape index (κ2) is 6.02. The van der Waals surface area contributed by atoms with E-state index in [0.717, 1.165) is 0 Å². The van der Waals surface area contributed by atoms with Gasteiger partial charge in [-0.15, -0.1) is 6.58 Å². The van der Waals surface area contributed by atoms with Gasteiger partial charge in [0.25, 0.3) is 0 Å². The zero-order valence-corrected chi connectivity index (χ0v) is 7.82. The Hall–Kier alpha value is -0.510. The molecule has 0 fully saturated rings. The molecule has 0 heterocycles. The van der Waals surface area contributed by atoms with Crippen LogP contribution in [-0.2, 0) is 0 Å². The van der Waals surface area contributed by atoms with E-state index in [1.165, 1.54) is 0 Å². The zero-order valence-electron chi connectivity index (χ0n) is 7.82. The summed E-state index contributed by atoms with van der Waals surface area (Å²) in [4.78, 5) is 0. The highest BCUT2D eigenvalue weighted by Gasteiger charge is 2.26. The normalized spacial score (nSPS) is 14.2. The van der Waals surface area contributed by atoms with Crippen LogP contribution in [0.2, 0.25) is 0 Å². The third-order valence-corrected chi connectivity index (χ3v) is 1.87. The van der Waals surface area contributed by atoms with Crippen LogP contribution in [-0.4, -0.2) is 19.3 Å². The molecular formula is C9H16F3N. The summed E-state index contributed by atoms with van der Waals surface area (Å²) in [5, 5.41) is 2.95. The van der Waals surface area contributed by atoms with Crippen molar-refractivity contribution in [3.8, 4) is 0 Å². The SMILES string of the molecule is C=CCC(CCCC(F)(F)F)NC. The van der Waals surface area contributed by atoms with Gasteiger partial charge in [-0.2, -0.15) is 13.2 Å². The molecule has 1 nitrogen and oxygen atoms in total. The molecule has 0 aromatic carbocycles. The Bertz CT molecular complexity index is 142. The van der Waals surface area contributed by atoms with Crippen LogP contribution in [0.25, 0.3) is 0 Å². The zero-order chi connectivity index (χ0) is 10.3. The molecule has 0 aromatic heterocycles. The van der Waals surface area contributed by atoms with Crippen molar-refractivity contribution in [3.05, 3.63) is 12.7 Å². The van der Waals surface area contributed by atoms with Crippen LogP contribution in [0.5, 0.6) is 0 Å². The van der Waals surface area contributed by atoms with Gasteiger partial charge in [-0.3, -0.25) is 0 Å². The summed E-state index contributed by atoms with van der Waals surface area (Å²) in [5.41, 5.74) is 0. The number of halogens is 3. The maximum absolute atomic E-state index is 11.8. The molecule has 0 aromatic rings. The van der Waals surface area contributed by atoms with Crippen molar-refractivity contribution >= 4 is 0 Å². The van der Waals surface area contributed by atoms with Crippen LogP contribution in [0.3, 0.4) is 0 Å². The van der Waals surface area contributed by atoms with Gasteiger partial charge in [0.1, 0.15) is 0 Å². The number of alkyl halides is 3. The maximum Gasteiger partial charge on any atom is 0.389 e. The minimum absolute atomic E-state index is 0.125. The van der Waals surface area contributed by atoms with Crippen molar-refractivity contribution in [3.63, 3.8) is 0 Å². The average Bonchev–Trinajstić information content (AvgIpc) is 2.01. The molecule has 0 bridgehead atoms. The summed E-state index contributed by atoms with van der Waals surface area (Å²) >= 11 is 0. The first kappa shape index (κ1) is 12.5. The van der Waals surface area contributed by atoms with Gasteiger partial charge in [0.2, 0.25) is 0 Å². The first-order valence-electron chi connectivity index (χ1n) is 4.34. The first-order valence-corrected chi connectivity index (χ1v) is 4.34. The number of hydrogen-bond acceptors (Lipinski definition) is 1. The van der Waals surface area contributed by atoms with Gasteiger partial charge in [-0.05, 0) is 26.3 Å². The minimum Gasteiger partial charge on any atom is -0.317 e. The highest BCUT2D eigenvalue weighted by Crippen LogP contribution is 2.22. The molecule has 0 aliphatic heterocycles. The Morgan fingerprint density at radius 3 is 2.46 bits per heavy atom. The summed E-state index contributed by atoms with van der Waals surface area (Å²) < 4.78 is 35.3. The highest BCUT2D eigenvalue weighted by molar-refractivity contribution is 4.77. The largest absolute Gasteiger partial charge is 0.389 e. The highest BCUT2D eigenvalue weighted by atomic mass is 19.4. The van der Waals surface area contributed by atoms with Gasteiger partial charge in [0, 0.05) is 12.5 Å². The van der Waals surface area contributed by atoms with E-state index in [0.29, 0.717) is 12.8 Å². The fourth-order valence-electron chi connectivity index (χ4n) is 1.13. The van der Waals surface area contributed by atoms with Crippen molar-refractivity contribution in [1.29, 1.82) is 0 Å². The summed E-state index contributed by atoms with van der Waals surface area (Å²) in [6.45, 7) is 3.54. The Kier molecular flexibility index (Phi) is 5.79. The van der Waals surface area contributed by atoms with Crippen molar-refractivity contribution in [1.82, 2.24) is 5.32 Å². The van der Waals surface area contributed by atoms with Gasteiger partial charge in [0.15, 0.2) is 0 Å². The molecule has 0 spiro atoms. The summed E-state index contributed by atoms with van der Waals surface area (Å²) in [5.74, 6) is 0. The van der Waals surface area contributed by atoms with E-state index in [1.54, 1.807) is 13.1 Å². The monoisotopic (exact) mass is 195 g/mol. The van der Waals surface area contributed by atoms with Gasteiger partial charge in [0.05, 0.1) is 0 Å². The van der Waals surface area contributed by atoms with E-state index in [1.807, 2.05) is 0 Å². The molecule has 0 amide bonds. The van der Waals surface area contributed by atoms with Crippen LogP contribution in [0.1, 0.15) is 25.7 Å². The summed E-state index contributed by atoms with van der Waals surface area (Å²) in [6, 6.07) is 0.125. The molecule has 0 rings (SSSR count). The lowest BCUT2D eigenvalue weighted by Crippen LogP contribution is -2.24. The summed E-state index contributed by atoms with van der Waals surface area (Å²) in [7, 11) is 1.75. The van der Waals surface area contributed by atoms with Gasteiger partial charge < -0.3 is 5.32 Å². The molecule has 1 N–H and O–H groups in total. The molecule has 0 saturated carbocycles. The average molecular weight is 195 g/mol. The predicted molar refractivity (Wildman–Crippen MR) is 47.6 cm³/mol. The Balaban J connectivity index is 3.54. The van der Waals surface area contributed by atoms with Crippen LogP contribution in [0.15, 0.2) is 12.7 Å². The van der Waals surface area contributed by atoms with Crippen LogP contribution < -0.4 is 5.32 Å². The summed E-state index contributed by atoms with van der Waals surface area (Å²) in [6.07, 6.45) is -1.55. The van der Waals surface area contributed by atoms with Crippen molar-refractivity contribution < 1.29 is 13.2 Å². The number of nitrogens with one attached hydrogen (secondary N) is 1. The van der Waals surface area contributed by atoms with Crippen molar-refractivity contribution in [2.45, 2.75) is 37.9 Å². The van der Waals surface area contributed by atoms with Crippen LogP contribution in [0, 0.1) is 0 Å². The Morgan fingerprint density at radius 2 is 2.08 bits per heavy atom. The number of rotatable bonds is 6. The van der Waals surface area contributed by atoms with Gasteiger partial charge in [-0.1, -0.05) is 6.08 Å². The lowest BCUT2D eigenvalue weighted by Gasteiger charge is -2.14. The fourth-order valence-corrected chi connectivity index (χ4v) is 1.13. The molecule has 0 aliphatic rings. The van der Waals surface area contributed by atoms with E-state index in [9.17, 15) is 13.2 Å². The smallest absolute Gasteiger partial charge is 0.317 e. The van der Waals surface area contributed by atoms with E-state index < -0.39 is 12.6 Å². The molecule has 0 aliphatic carbocycles. The topological polar surface area (TPSA) is 12.0 Å². The van der Waals surface area contributed by atoms with Crippen LogP contribution in [0.4, 0.5) is 13.2 Å². The third kappa shape index (κ3) is 7.84. The lowest BCUT2D eigenvalue weighted by molar-refractivity contribution is -0.135. The molecule has 13 heavy (non-hydrogen) atoms. The number of hydrogen-bond donors (Lipinski definition) is 1. The van der Waals surface area contributed by atoms with Crippen LogP contribution >= 0.6 is 0 Å². The second-order valence-corrected chi connectivity index (χ2v) is 3.02. The molecular weight excluding hydrogens is 179 g/mol. The van der Waals surface area contributed by atoms with E-state index in [-0.39, 0.29) is 12.5 Å². The van der Waals surface area contributed by atoms with E-state index in [2.05, 4.69) is 11.9 Å². The van der Waals surface area contributed by atoms with E-state index >= 15 is 0 Å². The Morgan fingerprint density at radius 1 is 1.46 bits per heavy atom. The Labute approximate surface area is 77.0 Å². The molecule has 0 saturated heterocycles. The molecule has 1 unspecified atom stereocenters. The lowest BCUT2D eigenvalue weighted by atomic mass is 10.1. The van der Waals surface area contributed by atoms with Gasteiger partial charge >= 0.3 is 6.18 Å². The molecule has 78 valence electrons. The fraction of sp³-hybridized carbons (Fsp3) is 0.778. The minimum atomic E-state index is -4.02. The second-order valence-electron chi connectivity index (χ2n) is 3.02. The van der Waals surface area contributed by atoms with Crippen molar-refractivity contribution in [2.75, 3.05) is 7.05 Å². The third-order valence-electron chi connectivity index (χ3n) is 1.87. The molecule has 4 heteroatoms. The molecule has 0 radical (unpaired) electrons. The van der Waals surface area contributed by atoms with Gasteiger partial charge in [-0.25, -0.2) is 0 Å². The van der Waals surface area contributed by atoms with E-state index in [4.69, 9.17) is 0 Å².